The molecule has 0 saturated carbocycles. The number of anilines is 1. The molecule has 0 spiro atoms. The van der Waals surface area contributed by atoms with Crippen LogP contribution in [0.5, 0.6) is 0 Å². The summed E-state index contributed by atoms with van der Waals surface area (Å²) in [5.74, 6) is 0.210. The summed E-state index contributed by atoms with van der Waals surface area (Å²) in [4.78, 5) is 23.2. The number of carbonyl (C=O) groups is 2. The third-order valence-corrected chi connectivity index (χ3v) is 2.88. The van der Waals surface area contributed by atoms with Crippen molar-refractivity contribution in [2.24, 2.45) is 0 Å². The summed E-state index contributed by atoms with van der Waals surface area (Å²) in [6, 6.07) is 5.25. The van der Waals surface area contributed by atoms with Gasteiger partial charge in [-0.1, -0.05) is 6.07 Å². The van der Waals surface area contributed by atoms with Crippen molar-refractivity contribution in [2.75, 3.05) is 18.2 Å². The van der Waals surface area contributed by atoms with Crippen LogP contribution in [-0.4, -0.2) is 24.7 Å². The van der Waals surface area contributed by atoms with Gasteiger partial charge in [-0.2, -0.15) is 0 Å². The second-order valence-electron chi connectivity index (χ2n) is 3.90. The molecule has 2 amide bonds. The van der Waals surface area contributed by atoms with Gasteiger partial charge in [0.1, 0.15) is 0 Å². The molecule has 98 valence electrons. The molecule has 0 heterocycles. The maximum absolute atomic E-state index is 11.6. The van der Waals surface area contributed by atoms with Crippen molar-refractivity contribution in [2.45, 2.75) is 19.8 Å². The molecule has 0 aliphatic carbocycles. The smallest absolute Gasteiger partial charge is 0.251 e. The summed E-state index contributed by atoms with van der Waals surface area (Å²) >= 11 is 5.53. The lowest BCUT2D eigenvalue weighted by Crippen LogP contribution is -2.20. The number of amides is 2. The van der Waals surface area contributed by atoms with Gasteiger partial charge in [-0.15, -0.1) is 11.6 Å². The molecule has 5 heteroatoms. The Morgan fingerprint density at radius 3 is 2.67 bits per heavy atom. The minimum absolute atomic E-state index is 0.0900. The number of hydrogen-bond donors (Lipinski definition) is 2. The molecule has 0 atom stereocenters. The van der Waals surface area contributed by atoms with Gasteiger partial charge in [-0.25, -0.2) is 0 Å². The third-order valence-electron chi connectivity index (χ3n) is 2.62. The Bertz CT molecular complexity index is 447. The lowest BCUT2D eigenvalue weighted by Gasteiger charge is -2.11. The van der Waals surface area contributed by atoms with Crippen molar-refractivity contribution in [1.82, 2.24) is 5.32 Å². The van der Waals surface area contributed by atoms with Crippen LogP contribution in [-0.2, 0) is 4.79 Å². The summed E-state index contributed by atoms with van der Waals surface area (Å²) in [7, 11) is 1.58. The first-order chi connectivity index (χ1) is 8.60. The Morgan fingerprint density at radius 1 is 1.33 bits per heavy atom. The highest BCUT2D eigenvalue weighted by Gasteiger charge is 2.11. The number of benzene rings is 1. The standard InChI is InChI=1S/C13H17ClN2O2/c1-9-10(13(18)15-2)5-3-6-11(9)16-12(17)7-4-8-14/h3,5-6H,4,7-8H2,1-2H3,(H,15,18)(H,16,17). The van der Waals surface area contributed by atoms with Crippen LogP contribution in [0.4, 0.5) is 5.69 Å². The molecule has 1 aromatic carbocycles. The number of carbonyl (C=O) groups excluding carboxylic acids is 2. The highest BCUT2D eigenvalue weighted by Crippen LogP contribution is 2.19. The fraction of sp³-hybridized carbons (Fsp3) is 0.385. The average Bonchev–Trinajstić information content (AvgIpc) is 2.38. The molecule has 2 N–H and O–H groups in total. The summed E-state index contributed by atoms with van der Waals surface area (Å²) in [6.07, 6.45) is 1.02. The maximum Gasteiger partial charge on any atom is 0.251 e. The molecule has 0 fully saturated rings. The number of rotatable bonds is 5. The molecule has 0 saturated heterocycles. The van der Waals surface area contributed by atoms with Crippen molar-refractivity contribution in [1.29, 1.82) is 0 Å². The van der Waals surface area contributed by atoms with E-state index in [1.807, 2.05) is 6.92 Å². The van der Waals surface area contributed by atoms with Gasteiger partial charge in [-0.3, -0.25) is 9.59 Å². The molecular formula is C13H17ClN2O2. The summed E-state index contributed by atoms with van der Waals surface area (Å²) in [5.41, 5.74) is 1.99. The Balaban J connectivity index is 2.84. The predicted octanol–water partition coefficient (Wildman–Crippen LogP) is 2.31. The first-order valence-electron chi connectivity index (χ1n) is 5.77. The van der Waals surface area contributed by atoms with Crippen LogP contribution in [0.3, 0.4) is 0 Å². The Labute approximate surface area is 112 Å². The summed E-state index contributed by atoms with van der Waals surface area (Å²) in [5, 5.41) is 5.35. The summed E-state index contributed by atoms with van der Waals surface area (Å²) in [6.45, 7) is 1.81. The van der Waals surface area contributed by atoms with Gasteiger partial charge in [0.2, 0.25) is 5.91 Å². The number of hydrogen-bond acceptors (Lipinski definition) is 2. The normalized spacial score (nSPS) is 9.94. The van der Waals surface area contributed by atoms with Crippen LogP contribution < -0.4 is 10.6 Å². The van der Waals surface area contributed by atoms with Gasteiger partial charge in [0, 0.05) is 30.6 Å². The van der Waals surface area contributed by atoms with E-state index >= 15 is 0 Å². The lowest BCUT2D eigenvalue weighted by atomic mass is 10.1. The number of halogens is 1. The molecular weight excluding hydrogens is 252 g/mol. The largest absolute Gasteiger partial charge is 0.355 e. The van der Waals surface area contributed by atoms with E-state index in [1.165, 1.54) is 0 Å². The number of alkyl halides is 1. The zero-order chi connectivity index (χ0) is 13.5. The fourth-order valence-corrected chi connectivity index (χ4v) is 1.73. The van der Waals surface area contributed by atoms with E-state index in [0.717, 1.165) is 5.56 Å². The van der Waals surface area contributed by atoms with Crippen LogP contribution in [0.2, 0.25) is 0 Å². The van der Waals surface area contributed by atoms with E-state index < -0.39 is 0 Å². The molecule has 0 aliphatic rings. The van der Waals surface area contributed by atoms with Crippen LogP contribution in [0.1, 0.15) is 28.8 Å². The van der Waals surface area contributed by atoms with E-state index in [2.05, 4.69) is 10.6 Å². The molecule has 4 nitrogen and oxygen atoms in total. The molecule has 0 aliphatic heterocycles. The zero-order valence-electron chi connectivity index (χ0n) is 10.5. The van der Waals surface area contributed by atoms with Gasteiger partial charge in [0.05, 0.1) is 0 Å². The van der Waals surface area contributed by atoms with Crippen LogP contribution in [0.25, 0.3) is 0 Å². The van der Waals surface area contributed by atoms with Crippen molar-refractivity contribution in [3.63, 3.8) is 0 Å². The van der Waals surface area contributed by atoms with Gasteiger partial charge < -0.3 is 10.6 Å². The average molecular weight is 269 g/mol. The van der Waals surface area contributed by atoms with Crippen LogP contribution in [0.15, 0.2) is 18.2 Å². The highest BCUT2D eigenvalue weighted by atomic mass is 35.5. The second-order valence-corrected chi connectivity index (χ2v) is 4.28. The van der Waals surface area contributed by atoms with E-state index in [-0.39, 0.29) is 11.8 Å². The van der Waals surface area contributed by atoms with Crippen molar-refractivity contribution in [3.05, 3.63) is 29.3 Å². The molecule has 18 heavy (non-hydrogen) atoms. The first kappa shape index (κ1) is 14.5. The first-order valence-corrected chi connectivity index (χ1v) is 6.31. The maximum atomic E-state index is 11.6. The molecule has 0 bridgehead atoms. The lowest BCUT2D eigenvalue weighted by molar-refractivity contribution is -0.116. The highest BCUT2D eigenvalue weighted by molar-refractivity contribution is 6.18. The van der Waals surface area contributed by atoms with Gasteiger partial charge in [0.25, 0.3) is 5.91 Å². The molecule has 1 rings (SSSR count). The van der Waals surface area contributed by atoms with Crippen molar-refractivity contribution in [3.8, 4) is 0 Å². The molecule has 1 aromatic rings. The van der Waals surface area contributed by atoms with E-state index in [9.17, 15) is 9.59 Å². The van der Waals surface area contributed by atoms with Crippen molar-refractivity contribution >= 4 is 29.1 Å². The minimum Gasteiger partial charge on any atom is -0.355 e. The Kier molecular flexibility index (Phi) is 5.65. The van der Waals surface area contributed by atoms with Crippen LogP contribution >= 0.6 is 11.6 Å². The van der Waals surface area contributed by atoms with Crippen LogP contribution in [0, 0.1) is 6.92 Å². The third kappa shape index (κ3) is 3.74. The predicted molar refractivity (Wildman–Crippen MR) is 73.2 cm³/mol. The molecule has 0 radical (unpaired) electrons. The topological polar surface area (TPSA) is 58.2 Å². The fourth-order valence-electron chi connectivity index (χ4n) is 1.59. The SMILES string of the molecule is CNC(=O)c1cccc(NC(=O)CCCCl)c1C. The Hall–Kier alpha value is -1.55. The quantitative estimate of drug-likeness (QED) is 0.805. The van der Waals surface area contributed by atoms with Gasteiger partial charge >= 0.3 is 0 Å². The molecule has 0 aromatic heterocycles. The summed E-state index contributed by atoms with van der Waals surface area (Å²) < 4.78 is 0. The minimum atomic E-state index is -0.163. The Morgan fingerprint density at radius 2 is 2.06 bits per heavy atom. The van der Waals surface area contributed by atoms with Crippen molar-refractivity contribution < 1.29 is 9.59 Å². The zero-order valence-corrected chi connectivity index (χ0v) is 11.3. The van der Waals surface area contributed by atoms with E-state index in [1.54, 1.807) is 25.2 Å². The second kappa shape index (κ2) is 7.01. The van der Waals surface area contributed by atoms with Gasteiger partial charge in [-0.05, 0) is 31.0 Å². The monoisotopic (exact) mass is 268 g/mol. The molecule has 0 unspecified atom stereocenters. The van der Waals surface area contributed by atoms with E-state index in [4.69, 9.17) is 11.6 Å². The van der Waals surface area contributed by atoms with E-state index in [0.29, 0.717) is 30.0 Å². The number of nitrogens with one attached hydrogen (secondary N) is 2. The van der Waals surface area contributed by atoms with Gasteiger partial charge in [0.15, 0.2) is 0 Å².